The van der Waals surface area contributed by atoms with Gasteiger partial charge >= 0.3 is 5.97 Å². The molecule has 0 aliphatic carbocycles. The first-order valence-electron chi connectivity index (χ1n) is 5.84. The summed E-state index contributed by atoms with van der Waals surface area (Å²) in [7, 11) is 0. The predicted molar refractivity (Wildman–Crippen MR) is 63.8 cm³/mol. The van der Waals surface area contributed by atoms with E-state index in [9.17, 15) is 9.18 Å². The van der Waals surface area contributed by atoms with Gasteiger partial charge in [-0.2, -0.15) is 0 Å². The summed E-state index contributed by atoms with van der Waals surface area (Å²) in [6, 6.07) is 3.98. The fourth-order valence-corrected chi connectivity index (χ4v) is 1.54. The lowest BCUT2D eigenvalue weighted by molar-refractivity contribution is -0.156. The Hall–Kier alpha value is -1.62. The number of hydrogen-bond donors (Lipinski definition) is 1. The molecule has 4 nitrogen and oxygen atoms in total. The van der Waals surface area contributed by atoms with Crippen LogP contribution in [0.2, 0.25) is 0 Å². The van der Waals surface area contributed by atoms with Crippen molar-refractivity contribution in [2.24, 2.45) is 0 Å². The van der Waals surface area contributed by atoms with Crippen molar-refractivity contribution in [3.63, 3.8) is 0 Å². The lowest BCUT2D eigenvalue weighted by Gasteiger charge is -2.15. The van der Waals surface area contributed by atoms with Crippen molar-refractivity contribution < 1.29 is 23.8 Å². The molecule has 18 heavy (non-hydrogen) atoms. The summed E-state index contributed by atoms with van der Waals surface area (Å²) in [4.78, 5) is 11.6. The van der Waals surface area contributed by atoms with Gasteiger partial charge in [-0.25, -0.2) is 9.18 Å². The number of halogens is 1. The second kappa shape index (κ2) is 6.96. The molecule has 0 spiro atoms. The van der Waals surface area contributed by atoms with E-state index in [2.05, 4.69) is 0 Å². The molecule has 0 saturated carbocycles. The summed E-state index contributed by atoms with van der Waals surface area (Å²) >= 11 is 0. The molecule has 1 atom stereocenters. The first-order chi connectivity index (χ1) is 8.58. The number of aromatic hydroxyl groups is 1. The third-order valence-electron chi connectivity index (χ3n) is 2.35. The lowest BCUT2D eigenvalue weighted by atomic mass is 10.1. The monoisotopic (exact) mass is 256 g/mol. The number of phenols is 1. The van der Waals surface area contributed by atoms with Gasteiger partial charge in [-0.05, 0) is 31.5 Å². The van der Waals surface area contributed by atoms with Crippen molar-refractivity contribution in [2.45, 2.75) is 26.4 Å². The Morgan fingerprint density at radius 2 is 2.11 bits per heavy atom. The van der Waals surface area contributed by atoms with Crippen molar-refractivity contribution in [1.82, 2.24) is 0 Å². The van der Waals surface area contributed by atoms with E-state index in [0.29, 0.717) is 12.2 Å². The van der Waals surface area contributed by atoms with Crippen molar-refractivity contribution >= 4 is 5.97 Å². The van der Waals surface area contributed by atoms with Gasteiger partial charge in [0.25, 0.3) is 0 Å². The molecule has 0 unspecified atom stereocenters. The summed E-state index contributed by atoms with van der Waals surface area (Å²) in [6.45, 7) is 4.11. The van der Waals surface area contributed by atoms with Crippen molar-refractivity contribution in [2.75, 3.05) is 13.2 Å². The normalized spacial score (nSPS) is 12.2. The molecule has 5 heteroatoms. The van der Waals surface area contributed by atoms with Gasteiger partial charge in [0.2, 0.25) is 0 Å². The third-order valence-corrected chi connectivity index (χ3v) is 2.35. The van der Waals surface area contributed by atoms with E-state index in [1.165, 1.54) is 12.1 Å². The zero-order chi connectivity index (χ0) is 13.5. The van der Waals surface area contributed by atoms with E-state index < -0.39 is 23.6 Å². The van der Waals surface area contributed by atoms with E-state index in [1.54, 1.807) is 19.9 Å². The summed E-state index contributed by atoms with van der Waals surface area (Å²) in [5, 5.41) is 9.08. The minimum absolute atomic E-state index is 0.212. The number of carbonyl (C=O) groups is 1. The second-order valence-corrected chi connectivity index (χ2v) is 3.69. The van der Waals surface area contributed by atoms with Crippen LogP contribution in [-0.2, 0) is 20.7 Å². The molecule has 1 aromatic rings. The molecule has 0 heterocycles. The number of rotatable bonds is 6. The van der Waals surface area contributed by atoms with Gasteiger partial charge in [0.1, 0.15) is 0 Å². The molecular weight excluding hydrogens is 239 g/mol. The fourth-order valence-electron chi connectivity index (χ4n) is 1.54. The number of benzene rings is 1. The van der Waals surface area contributed by atoms with Crippen LogP contribution in [0.3, 0.4) is 0 Å². The van der Waals surface area contributed by atoms with E-state index in [1.807, 2.05) is 0 Å². The molecule has 100 valence electrons. The summed E-state index contributed by atoms with van der Waals surface area (Å²) in [6.07, 6.45) is -0.539. The highest BCUT2D eigenvalue weighted by molar-refractivity contribution is 5.75. The minimum atomic E-state index is -0.751. The number of ether oxygens (including phenoxy) is 2. The van der Waals surface area contributed by atoms with E-state index in [-0.39, 0.29) is 13.0 Å². The molecule has 0 saturated heterocycles. The SMILES string of the molecule is CCOC(=O)[C@@H](Cc1ccc(O)c(F)c1)OCC. The van der Waals surface area contributed by atoms with Crippen LogP contribution in [-0.4, -0.2) is 30.4 Å². The Balaban J connectivity index is 2.76. The van der Waals surface area contributed by atoms with E-state index >= 15 is 0 Å². The zero-order valence-corrected chi connectivity index (χ0v) is 10.5. The average molecular weight is 256 g/mol. The maximum absolute atomic E-state index is 13.2. The Labute approximate surface area is 105 Å². The fraction of sp³-hybridized carbons (Fsp3) is 0.462. The number of phenolic OH excluding ortho intramolecular Hbond substituents is 1. The van der Waals surface area contributed by atoms with Crippen LogP contribution in [0.15, 0.2) is 18.2 Å². The van der Waals surface area contributed by atoms with Gasteiger partial charge in [0.15, 0.2) is 17.7 Å². The highest BCUT2D eigenvalue weighted by Gasteiger charge is 2.20. The topological polar surface area (TPSA) is 55.8 Å². The number of carbonyl (C=O) groups excluding carboxylic acids is 1. The van der Waals surface area contributed by atoms with Crippen LogP contribution < -0.4 is 0 Å². The summed E-state index contributed by atoms with van der Waals surface area (Å²) in [5.74, 6) is -1.60. The van der Waals surface area contributed by atoms with Gasteiger partial charge in [-0.3, -0.25) is 0 Å². The molecule has 0 amide bonds. The van der Waals surface area contributed by atoms with Gasteiger partial charge in [-0.1, -0.05) is 6.07 Å². The first-order valence-corrected chi connectivity index (χ1v) is 5.84. The van der Waals surface area contributed by atoms with Crippen molar-refractivity contribution in [1.29, 1.82) is 0 Å². The van der Waals surface area contributed by atoms with Crippen molar-refractivity contribution in [3.05, 3.63) is 29.6 Å². The predicted octanol–water partition coefficient (Wildman–Crippen LogP) is 2.04. The molecule has 0 bridgehead atoms. The number of esters is 1. The molecule has 1 rings (SSSR count). The Morgan fingerprint density at radius 1 is 1.39 bits per heavy atom. The molecular formula is C13H17FO4. The quantitative estimate of drug-likeness (QED) is 0.791. The minimum Gasteiger partial charge on any atom is -0.505 e. The zero-order valence-electron chi connectivity index (χ0n) is 10.5. The first kappa shape index (κ1) is 14.4. The molecule has 1 N–H and O–H groups in total. The molecule has 0 fully saturated rings. The second-order valence-electron chi connectivity index (χ2n) is 3.69. The highest BCUT2D eigenvalue weighted by atomic mass is 19.1. The smallest absolute Gasteiger partial charge is 0.335 e. The van der Waals surface area contributed by atoms with Gasteiger partial charge < -0.3 is 14.6 Å². The van der Waals surface area contributed by atoms with Crippen molar-refractivity contribution in [3.8, 4) is 5.75 Å². The van der Waals surface area contributed by atoms with E-state index in [4.69, 9.17) is 14.6 Å². The maximum atomic E-state index is 13.2. The van der Waals surface area contributed by atoms with Crippen LogP contribution in [0.4, 0.5) is 4.39 Å². The maximum Gasteiger partial charge on any atom is 0.335 e. The average Bonchev–Trinajstić information content (AvgIpc) is 2.33. The Bertz CT molecular complexity index is 406. The number of hydrogen-bond acceptors (Lipinski definition) is 4. The van der Waals surface area contributed by atoms with E-state index in [0.717, 1.165) is 0 Å². The highest BCUT2D eigenvalue weighted by Crippen LogP contribution is 2.18. The third kappa shape index (κ3) is 4.00. The van der Waals surface area contributed by atoms with Crippen LogP contribution >= 0.6 is 0 Å². The van der Waals surface area contributed by atoms with Crippen LogP contribution in [0.25, 0.3) is 0 Å². The lowest BCUT2D eigenvalue weighted by Crippen LogP contribution is -2.29. The van der Waals surface area contributed by atoms with Gasteiger partial charge in [0, 0.05) is 13.0 Å². The van der Waals surface area contributed by atoms with Crippen LogP contribution in [0.1, 0.15) is 19.4 Å². The van der Waals surface area contributed by atoms with Gasteiger partial charge in [-0.15, -0.1) is 0 Å². The van der Waals surface area contributed by atoms with Crippen LogP contribution in [0.5, 0.6) is 5.75 Å². The van der Waals surface area contributed by atoms with Gasteiger partial charge in [0.05, 0.1) is 6.61 Å². The standard InChI is InChI=1S/C13H17FO4/c1-3-17-12(13(16)18-4-2)8-9-5-6-11(15)10(14)7-9/h5-7,12,15H,3-4,8H2,1-2H3/t12-/m1/s1. The molecule has 1 aromatic carbocycles. The summed E-state index contributed by atoms with van der Waals surface area (Å²) in [5.41, 5.74) is 0.566. The molecule has 0 aliphatic heterocycles. The van der Waals surface area contributed by atoms with Crippen LogP contribution in [0, 0.1) is 5.82 Å². The molecule has 0 radical (unpaired) electrons. The Kier molecular flexibility index (Phi) is 5.58. The molecule has 0 aromatic heterocycles. The largest absolute Gasteiger partial charge is 0.505 e. The molecule has 0 aliphatic rings. The Morgan fingerprint density at radius 3 is 2.67 bits per heavy atom. The summed E-state index contributed by atoms with van der Waals surface area (Å²) < 4.78 is 23.3.